The van der Waals surface area contributed by atoms with E-state index >= 15 is 0 Å². The van der Waals surface area contributed by atoms with Crippen molar-refractivity contribution in [1.82, 2.24) is 20.2 Å². The van der Waals surface area contributed by atoms with Gasteiger partial charge in [0.2, 0.25) is 0 Å². The molecular weight excluding hydrogens is 264 g/mol. The molecule has 0 spiro atoms. The molecule has 1 aromatic heterocycles. The number of aromatic nitrogens is 4. The molecule has 0 aliphatic rings. The number of hydrogen-bond acceptors (Lipinski definition) is 6. The van der Waals surface area contributed by atoms with E-state index in [1.165, 1.54) is 25.8 Å². The van der Waals surface area contributed by atoms with E-state index in [0.717, 1.165) is 0 Å². The molecule has 2 aromatic rings. The molecule has 0 radical (unpaired) electrons. The third-order valence-corrected chi connectivity index (χ3v) is 2.87. The van der Waals surface area contributed by atoms with Crippen LogP contribution in [0.4, 0.5) is 0 Å². The van der Waals surface area contributed by atoms with Crippen LogP contribution >= 0.6 is 0 Å². The number of hydrogen-bond donors (Lipinski definition) is 1. The van der Waals surface area contributed by atoms with E-state index in [1.807, 2.05) is 0 Å². The molecule has 0 aliphatic carbocycles. The summed E-state index contributed by atoms with van der Waals surface area (Å²) in [5.41, 5.74) is 0.510. The first-order valence-corrected chi connectivity index (χ1v) is 5.82. The average molecular weight is 278 g/mol. The van der Waals surface area contributed by atoms with Gasteiger partial charge in [0.1, 0.15) is 17.1 Å². The first-order chi connectivity index (χ1) is 9.60. The Morgan fingerprint density at radius 1 is 1.30 bits per heavy atom. The smallest absolute Gasteiger partial charge is 0.328 e. The summed E-state index contributed by atoms with van der Waals surface area (Å²) in [6.07, 6.45) is 0. The molecule has 0 saturated heterocycles. The van der Waals surface area contributed by atoms with Crippen molar-refractivity contribution in [3.05, 3.63) is 18.2 Å². The van der Waals surface area contributed by atoms with Crippen LogP contribution in [0.1, 0.15) is 13.0 Å². The minimum atomic E-state index is -1.03. The molecule has 8 nitrogen and oxygen atoms in total. The second-order valence-electron chi connectivity index (χ2n) is 4.00. The fourth-order valence-electron chi connectivity index (χ4n) is 1.80. The molecule has 0 amide bonds. The zero-order valence-electron chi connectivity index (χ0n) is 11.3. The number of carbonyl (C=O) groups is 1. The monoisotopic (exact) mass is 278 g/mol. The summed E-state index contributed by atoms with van der Waals surface area (Å²) in [4.78, 5) is 11.1. The Bertz CT molecular complexity index is 603. The highest BCUT2D eigenvalue weighted by molar-refractivity contribution is 5.75. The highest BCUT2D eigenvalue weighted by Crippen LogP contribution is 2.37. The maximum atomic E-state index is 11.1. The van der Waals surface area contributed by atoms with Crippen LogP contribution in [0.2, 0.25) is 0 Å². The average Bonchev–Trinajstić information content (AvgIpc) is 2.94. The molecule has 8 heteroatoms. The fraction of sp³-hybridized carbons (Fsp3) is 0.333. The largest absolute Gasteiger partial charge is 0.496 e. The molecule has 0 saturated carbocycles. The van der Waals surface area contributed by atoms with Gasteiger partial charge >= 0.3 is 5.97 Å². The van der Waals surface area contributed by atoms with Crippen molar-refractivity contribution >= 4 is 5.97 Å². The van der Waals surface area contributed by atoms with Crippen LogP contribution in [0.25, 0.3) is 11.4 Å². The van der Waals surface area contributed by atoms with Gasteiger partial charge in [-0.15, -0.1) is 5.10 Å². The van der Waals surface area contributed by atoms with E-state index in [4.69, 9.17) is 14.6 Å². The minimum absolute atomic E-state index is 0.272. The van der Waals surface area contributed by atoms with E-state index in [2.05, 4.69) is 15.5 Å². The lowest BCUT2D eigenvalue weighted by Gasteiger charge is -2.14. The highest BCUT2D eigenvalue weighted by atomic mass is 16.5. The molecule has 1 aromatic carbocycles. The lowest BCUT2D eigenvalue weighted by Crippen LogP contribution is -2.18. The lowest BCUT2D eigenvalue weighted by atomic mass is 10.1. The van der Waals surface area contributed by atoms with Crippen molar-refractivity contribution in [1.29, 1.82) is 0 Å². The van der Waals surface area contributed by atoms with E-state index in [9.17, 15) is 4.79 Å². The Kier molecular flexibility index (Phi) is 3.83. The van der Waals surface area contributed by atoms with Crippen molar-refractivity contribution in [3.63, 3.8) is 0 Å². The van der Waals surface area contributed by atoms with Gasteiger partial charge in [-0.05, 0) is 29.5 Å². The van der Waals surface area contributed by atoms with E-state index < -0.39 is 12.0 Å². The number of rotatable bonds is 5. The predicted octanol–water partition coefficient (Wildman–Crippen LogP) is 1.00. The van der Waals surface area contributed by atoms with Gasteiger partial charge in [0.15, 0.2) is 11.9 Å². The molecule has 0 bridgehead atoms. The number of carboxylic acid groups (broad SMARTS) is 1. The quantitative estimate of drug-likeness (QED) is 0.870. The lowest BCUT2D eigenvalue weighted by molar-refractivity contribution is -0.140. The zero-order chi connectivity index (χ0) is 14.7. The number of aliphatic carboxylic acids is 1. The van der Waals surface area contributed by atoms with E-state index in [0.29, 0.717) is 17.1 Å². The number of nitrogens with zero attached hydrogens (tertiary/aromatic N) is 4. The molecule has 1 atom stereocenters. The Hall–Kier alpha value is -2.64. The Labute approximate surface area is 114 Å². The molecular formula is C12H14N4O4. The van der Waals surface area contributed by atoms with Crippen molar-refractivity contribution in [3.8, 4) is 22.9 Å². The molecule has 1 N–H and O–H groups in total. The molecule has 20 heavy (non-hydrogen) atoms. The van der Waals surface area contributed by atoms with Crippen LogP contribution in [0.3, 0.4) is 0 Å². The van der Waals surface area contributed by atoms with Gasteiger partial charge < -0.3 is 14.6 Å². The molecule has 0 aliphatic heterocycles. The van der Waals surface area contributed by atoms with Gasteiger partial charge in [-0.2, -0.15) is 0 Å². The minimum Gasteiger partial charge on any atom is -0.496 e. The molecule has 1 heterocycles. The van der Waals surface area contributed by atoms with Crippen LogP contribution < -0.4 is 9.47 Å². The molecule has 106 valence electrons. The third kappa shape index (κ3) is 2.27. The summed E-state index contributed by atoms with van der Waals surface area (Å²) in [7, 11) is 3.01. The standard InChI is InChI=1S/C12H14N4O4/c1-7(12(17)18)16-11(13-14-15-16)10-8(19-2)5-4-6-9(10)20-3/h4-7H,1-3H3,(H,17,18). The van der Waals surface area contributed by atoms with Gasteiger partial charge in [0.05, 0.1) is 14.2 Å². The molecule has 1 unspecified atom stereocenters. The predicted molar refractivity (Wildman–Crippen MR) is 68.7 cm³/mol. The van der Waals surface area contributed by atoms with E-state index in [-0.39, 0.29) is 5.82 Å². The second kappa shape index (κ2) is 5.55. The fourth-order valence-corrected chi connectivity index (χ4v) is 1.80. The number of carboxylic acids is 1. The number of benzene rings is 1. The summed E-state index contributed by atoms with van der Waals surface area (Å²) in [5.74, 6) is 0.234. The number of ether oxygens (including phenoxy) is 2. The van der Waals surface area contributed by atoms with E-state index in [1.54, 1.807) is 18.2 Å². The first kappa shape index (κ1) is 13.8. The van der Waals surface area contributed by atoms with Crippen LogP contribution in [-0.2, 0) is 4.79 Å². The Balaban J connectivity index is 2.63. The summed E-state index contributed by atoms with van der Waals surface area (Å²) < 4.78 is 11.8. The maximum absolute atomic E-state index is 11.1. The highest BCUT2D eigenvalue weighted by Gasteiger charge is 2.24. The van der Waals surface area contributed by atoms with Gasteiger partial charge in [-0.3, -0.25) is 0 Å². The SMILES string of the molecule is COc1cccc(OC)c1-c1nnnn1C(C)C(=O)O. The van der Waals surface area contributed by atoms with Crippen molar-refractivity contribution in [2.75, 3.05) is 14.2 Å². The van der Waals surface area contributed by atoms with Crippen molar-refractivity contribution in [2.45, 2.75) is 13.0 Å². The van der Waals surface area contributed by atoms with Gasteiger partial charge in [-0.25, -0.2) is 9.48 Å². The summed E-state index contributed by atoms with van der Waals surface area (Å²) in [6, 6.07) is 4.30. The van der Waals surface area contributed by atoms with Crippen molar-refractivity contribution in [2.24, 2.45) is 0 Å². The first-order valence-electron chi connectivity index (χ1n) is 5.82. The zero-order valence-corrected chi connectivity index (χ0v) is 11.3. The number of methoxy groups -OCH3 is 2. The van der Waals surface area contributed by atoms with Gasteiger partial charge in [-0.1, -0.05) is 6.07 Å². The molecule has 0 fully saturated rings. The second-order valence-corrected chi connectivity index (χ2v) is 4.00. The summed E-state index contributed by atoms with van der Waals surface area (Å²) in [5, 5.41) is 20.3. The van der Waals surface area contributed by atoms with Crippen LogP contribution in [0.15, 0.2) is 18.2 Å². The van der Waals surface area contributed by atoms with Crippen molar-refractivity contribution < 1.29 is 19.4 Å². The third-order valence-electron chi connectivity index (χ3n) is 2.87. The topological polar surface area (TPSA) is 99.4 Å². The summed E-state index contributed by atoms with van der Waals surface area (Å²) >= 11 is 0. The Morgan fingerprint density at radius 3 is 2.40 bits per heavy atom. The Morgan fingerprint density at radius 2 is 1.90 bits per heavy atom. The van der Waals surface area contributed by atoms with Crippen LogP contribution in [0.5, 0.6) is 11.5 Å². The van der Waals surface area contributed by atoms with Gasteiger partial charge in [0, 0.05) is 0 Å². The summed E-state index contributed by atoms with van der Waals surface area (Å²) in [6.45, 7) is 1.49. The van der Waals surface area contributed by atoms with Gasteiger partial charge in [0.25, 0.3) is 0 Å². The maximum Gasteiger partial charge on any atom is 0.328 e. The normalized spacial score (nSPS) is 11.9. The van der Waals surface area contributed by atoms with Crippen LogP contribution in [-0.4, -0.2) is 45.5 Å². The van der Waals surface area contributed by atoms with Crippen LogP contribution in [0, 0.1) is 0 Å². The molecule has 2 rings (SSSR count). The number of tetrazole rings is 1.